The van der Waals surface area contributed by atoms with Crippen LogP contribution in [0.4, 0.5) is 5.69 Å². The molecule has 0 saturated heterocycles. The highest BCUT2D eigenvalue weighted by molar-refractivity contribution is 9.10. The van der Waals surface area contributed by atoms with E-state index in [1.54, 1.807) is 13.1 Å². The molecule has 0 saturated carbocycles. The van der Waals surface area contributed by atoms with Crippen LogP contribution in [-0.4, -0.2) is 45.0 Å². The molecule has 0 aliphatic carbocycles. The zero-order chi connectivity index (χ0) is 12.8. The zero-order valence-electron chi connectivity index (χ0n) is 10.4. The molecule has 17 heavy (non-hydrogen) atoms. The topological polar surface area (TPSA) is 44.4 Å². The highest BCUT2D eigenvalue weighted by atomic mass is 79.9. The first-order chi connectivity index (χ1) is 8.04. The first-order valence-corrected chi connectivity index (χ1v) is 6.24. The summed E-state index contributed by atoms with van der Waals surface area (Å²) >= 11 is 3.38. The molecule has 4 nitrogen and oxygen atoms in total. The molecule has 0 radical (unpaired) electrons. The molecule has 0 spiro atoms. The summed E-state index contributed by atoms with van der Waals surface area (Å²) in [6, 6.07) is 5.56. The van der Waals surface area contributed by atoms with E-state index in [-0.39, 0.29) is 5.91 Å². The average Bonchev–Trinajstić information content (AvgIpc) is 2.28. The molecule has 1 rings (SSSR count). The number of anilines is 1. The van der Waals surface area contributed by atoms with Crippen LogP contribution < -0.4 is 10.6 Å². The Morgan fingerprint density at radius 1 is 1.41 bits per heavy atom. The Morgan fingerprint density at radius 3 is 2.71 bits per heavy atom. The van der Waals surface area contributed by atoms with E-state index in [1.807, 2.05) is 31.1 Å². The normalized spacial score (nSPS) is 10.4. The number of carbonyl (C=O) groups excluding carboxylic acids is 1. The van der Waals surface area contributed by atoms with Crippen molar-refractivity contribution in [3.05, 3.63) is 28.2 Å². The average molecular weight is 300 g/mol. The van der Waals surface area contributed by atoms with Crippen LogP contribution in [0.3, 0.4) is 0 Å². The number of rotatable bonds is 5. The minimum absolute atomic E-state index is 0.0521. The number of carbonyl (C=O) groups is 1. The Bertz CT molecular complexity index is 393. The fourth-order valence-electron chi connectivity index (χ4n) is 1.41. The van der Waals surface area contributed by atoms with E-state index in [4.69, 9.17) is 0 Å². The molecular formula is C12H18BrN3O. The van der Waals surface area contributed by atoms with Crippen LogP contribution >= 0.6 is 15.9 Å². The molecule has 0 aliphatic heterocycles. The molecule has 1 aromatic rings. The van der Waals surface area contributed by atoms with Crippen LogP contribution in [0.1, 0.15) is 10.4 Å². The summed E-state index contributed by atoms with van der Waals surface area (Å²) < 4.78 is 0.951. The highest BCUT2D eigenvalue weighted by Gasteiger charge is 2.10. The van der Waals surface area contributed by atoms with E-state index in [2.05, 4.69) is 26.6 Å². The smallest absolute Gasteiger partial charge is 0.253 e. The molecule has 0 aliphatic rings. The summed E-state index contributed by atoms with van der Waals surface area (Å²) in [4.78, 5) is 14.0. The quantitative estimate of drug-likeness (QED) is 0.871. The van der Waals surface area contributed by atoms with Gasteiger partial charge in [-0.3, -0.25) is 4.79 Å². The summed E-state index contributed by atoms with van der Waals surface area (Å²) in [6.45, 7) is 1.47. The predicted octanol–water partition coefficient (Wildman–Crippen LogP) is 1.78. The summed E-state index contributed by atoms with van der Waals surface area (Å²) in [5.41, 5.74) is 1.48. The SMILES string of the molecule is CNc1cc(Br)ccc1C(=O)NCCN(C)C. The minimum Gasteiger partial charge on any atom is -0.387 e. The molecule has 5 heteroatoms. The molecule has 1 amide bonds. The van der Waals surface area contributed by atoms with Crippen molar-refractivity contribution in [1.29, 1.82) is 0 Å². The largest absolute Gasteiger partial charge is 0.387 e. The Labute approximate surface area is 111 Å². The molecule has 0 atom stereocenters. The van der Waals surface area contributed by atoms with Crippen molar-refractivity contribution in [1.82, 2.24) is 10.2 Å². The molecule has 2 N–H and O–H groups in total. The van der Waals surface area contributed by atoms with Crippen molar-refractivity contribution >= 4 is 27.5 Å². The number of likely N-dealkylation sites (N-methyl/N-ethyl adjacent to an activating group) is 1. The van der Waals surface area contributed by atoms with Gasteiger partial charge in [0.1, 0.15) is 0 Å². The van der Waals surface area contributed by atoms with Crippen LogP contribution in [0.5, 0.6) is 0 Å². The van der Waals surface area contributed by atoms with Crippen molar-refractivity contribution in [2.45, 2.75) is 0 Å². The highest BCUT2D eigenvalue weighted by Crippen LogP contribution is 2.20. The van der Waals surface area contributed by atoms with Crippen LogP contribution in [0.25, 0.3) is 0 Å². The Morgan fingerprint density at radius 2 is 2.12 bits per heavy atom. The van der Waals surface area contributed by atoms with Gasteiger partial charge in [0.05, 0.1) is 5.56 Å². The lowest BCUT2D eigenvalue weighted by Gasteiger charge is -2.12. The Balaban J connectivity index is 2.68. The molecular weight excluding hydrogens is 282 g/mol. The van der Waals surface area contributed by atoms with E-state index >= 15 is 0 Å². The fourth-order valence-corrected chi connectivity index (χ4v) is 1.77. The third-order valence-electron chi connectivity index (χ3n) is 2.34. The maximum absolute atomic E-state index is 11.9. The van der Waals surface area contributed by atoms with E-state index in [1.165, 1.54) is 0 Å². The Kier molecular flexibility index (Phi) is 5.44. The van der Waals surface area contributed by atoms with Crippen molar-refractivity contribution in [2.24, 2.45) is 0 Å². The van der Waals surface area contributed by atoms with Crippen molar-refractivity contribution in [3.63, 3.8) is 0 Å². The third kappa shape index (κ3) is 4.36. The first kappa shape index (κ1) is 14.0. The zero-order valence-corrected chi connectivity index (χ0v) is 12.0. The standard InChI is InChI=1S/C12H18BrN3O/c1-14-11-8-9(13)4-5-10(11)12(17)15-6-7-16(2)3/h4-5,8,14H,6-7H2,1-3H3,(H,15,17). The molecule has 0 fully saturated rings. The van der Waals surface area contributed by atoms with Crippen LogP contribution in [0.2, 0.25) is 0 Å². The van der Waals surface area contributed by atoms with Crippen molar-refractivity contribution in [3.8, 4) is 0 Å². The number of hydrogen-bond donors (Lipinski definition) is 2. The van der Waals surface area contributed by atoms with Gasteiger partial charge < -0.3 is 15.5 Å². The number of amides is 1. The lowest BCUT2D eigenvalue weighted by Crippen LogP contribution is -2.31. The molecule has 0 heterocycles. The minimum atomic E-state index is -0.0521. The molecule has 94 valence electrons. The van der Waals surface area contributed by atoms with Crippen LogP contribution in [-0.2, 0) is 0 Å². The van der Waals surface area contributed by atoms with Gasteiger partial charge in [0, 0.05) is 30.3 Å². The summed E-state index contributed by atoms with van der Waals surface area (Å²) in [5.74, 6) is -0.0521. The van der Waals surface area contributed by atoms with Gasteiger partial charge in [-0.2, -0.15) is 0 Å². The van der Waals surface area contributed by atoms with Gasteiger partial charge in [-0.1, -0.05) is 15.9 Å². The second-order valence-electron chi connectivity index (χ2n) is 4.00. The van der Waals surface area contributed by atoms with Gasteiger partial charge in [0.15, 0.2) is 0 Å². The number of hydrogen-bond acceptors (Lipinski definition) is 3. The van der Waals surface area contributed by atoms with Gasteiger partial charge in [-0.15, -0.1) is 0 Å². The van der Waals surface area contributed by atoms with E-state index in [9.17, 15) is 4.79 Å². The summed E-state index contributed by atoms with van der Waals surface area (Å²) in [6.07, 6.45) is 0. The van der Waals surface area contributed by atoms with E-state index in [0.29, 0.717) is 12.1 Å². The Hall–Kier alpha value is -1.07. The monoisotopic (exact) mass is 299 g/mol. The summed E-state index contributed by atoms with van der Waals surface area (Å²) in [7, 11) is 5.76. The van der Waals surface area contributed by atoms with Crippen molar-refractivity contribution in [2.75, 3.05) is 39.5 Å². The number of halogens is 1. The maximum Gasteiger partial charge on any atom is 0.253 e. The third-order valence-corrected chi connectivity index (χ3v) is 2.83. The molecule has 1 aromatic carbocycles. The lowest BCUT2D eigenvalue weighted by atomic mass is 10.1. The molecule has 0 bridgehead atoms. The lowest BCUT2D eigenvalue weighted by molar-refractivity contribution is 0.0952. The number of nitrogens with one attached hydrogen (secondary N) is 2. The van der Waals surface area contributed by atoms with Crippen molar-refractivity contribution < 1.29 is 4.79 Å². The van der Waals surface area contributed by atoms with Gasteiger partial charge in [-0.05, 0) is 32.3 Å². The second-order valence-corrected chi connectivity index (χ2v) is 4.91. The van der Waals surface area contributed by atoms with Crippen LogP contribution in [0.15, 0.2) is 22.7 Å². The fraction of sp³-hybridized carbons (Fsp3) is 0.417. The summed E-state index contributed by atoms with van der Waals surface area (Å²) in [5, 5.41) is 5.90. The second kappa shape index (κ2) is 6.61. The number of benzene rings is 1. The number of nitrogens with zero attached hydrogens (tertiary/aromatic N) is 1. The van der Waals surface area contributed by atoms with Gasteiger partial charge in [-0.25, -0.2) is 0 Å². The van der Waals surface area contributed by atoms with Gasteiger partial charge in [0.25, 0.3) is 5.91 Å². The van der Waals surface area contributed by atoms with Gasteiger partial charge >= 0.3 is 0 Å². The van der Waals surface area contributed by atoms with E-state index < -0.39 is 0 Å². The van der Waals surface area contributed by atoms with E-state index in [0.717, 1.165) is 16.7 Å². The van der Waals surface area contributed by atoms with Gasteiger partial charge in [0.2, 0.25) is 0 Å². The predicted molar refractivity (Wildman–Crippen MR) is 74.6 cm³/mol. The molecule has 0 aromatic heterocycles. The maximum atomic E-state index is 11.9. The van der Waals surface area contributed by atoms with Crippen LogP contribution in [0, 0.1) is 0 Å². The first-order valence-electron chi connectivity index (χ1n) is 5.45. The molecule has 0 unspecified atom stereocenters.